The van der Waals surface area contributed by atoms with Crippen LogP contribution in [0.15, 0.2) is 47.4 Å². The van der Waals surface area contributed by atoms with Gasteiger partial charge in [-0.05, 0) is 82.4 Å². The molecule has 0 bridgehead atoms. The van der Waals surface area contributed by atoms with Crippen LogP contribution in [0.3, 0.4) is 0 Å². The standard InChI is InChI=1S/C32H50O7S.Na/c1-3-5-7-9-11-13-15-17-19-21-25-38-31(33)29-24-23-28(40(35,36)37)27-30(29)32(34)39-26-22-20-18-16-14-12-10-8-6-4-2;/h13-16,23-24,27H,3-12,17-22,25-26H2,1-2H3,(H,35,36,37);/q;+1/p-1/b15-13+,16-14+;. The van der Waals surface area contributed by atoms with E-state index in [9.17, 15) is 22.6 Å². The van der Waals surface area contributed by atoms with E-state index in [1.54, 1.807) is 0 Å². The van der Waals surface area contributed by atoms with Gasteiger partial charge in [0.25, 0.3) is 0 Å². The number of rotatable bonds is 23. The maximum atomic E-state index is 12.7. The van der Waals surface area contributed by atoms with Crippen LogP contribution in [-0.2, 0) is 19.6 Å². The number of esters is 2. The second kappa shape index (κ2) is 25.1. The first-order chi connectivity index (χ1) is 19.3. The maximum absolute atomic E-state index is 12.7. The molecule has 0 saturated heterocycles. The first kappa shape index (κ1) is 39.5. The fourth-order valence-corrected chi connectivity index (χ4v) is 4.59. The molecule has 0 aromatic heterocycles. The van der Waals surface area contributed by atoms with Crippen molar-refractivity contribution in [3.63, 3.8) is 0 Å². The second-order valence-corrected chi connectivity index (χ2v) is 11.4. The quantitative estimate of drug-likeness (QED) is 0.0551. The molecule has 9 heteroatoms. The molecule has 1 aromatic carbocycles. The van der Waals surface area contributed by atoms with Crippen molar-refractivity contribution in [1.82, 2.24) is 0 Å². The minimum Gasteiger partial charge on any atom is -0.744 e. The minimum atomic E-state index is -4.81. The minimum absolute atomic E-state index is 0. The van der Waals surface area contributed by atoms with Gasteiger partial charge in [-0.15, -0.1) is 0 Å². The molecular formula is C32H49NaO7S. The topological polar surface area (TPSA) is 110 Å². The number of unbranched alkanes of at least 4 members (excludes halogenated alkanes) is 12. The van der Waals surface area contributed by atoms with E-state index in [0.717, 1.165) is 56.7 Å². The Balaban J connectivity index is 0.0000160. The molecule has 0 unspecified atom stereocenters. The number of ether oxygens (including phenoxy) is 2. The third-order valence-corrected chi connectivity index (χ3v) is 7.33. The molecule has 0 saturated carbocycles. The monoisotopic (exact) mass is 600 g/mol. The number of benzene rings is 1. The molecule has 0 radical (unpaired) electrons. The van der Waals surface area contributed by atoms with Crippen LogP contribution in [0.5, 0.6) is 0 Å². The first-order valence-corrected chi connectivity index (χ1v) is 16.5. The van der Waals surface area contributed by atoms with E-state index in [2.05, 4.69) is 38.2 Å². The van der Waals surface area contributed by atoms with Gasteiger partial charge in [-0.2, -0.15) is 0 Å². The molecule has 0 amide bonds. The van der Waals surface area contributed by atoms with Gasteiger partial charge in [0, 0.05) is 0 Å². The SMILES string of the molecule is CCCCCC/C=C/CCCCOC(=O)c1ccc(S(=O)(=O)[O-])cc1C(=O)OCCCC/C=C/CCCCCC.[Na+]. The molecule has 1 rings (SSSR count). The Morgan fingerprint density at radius 3 is 1.49 bits per heavy atom. The summed E-state index contributed by atoms with van der Waals surface area (Å²) in [4.78, 5) is 24.8. The molecule has 0 aliphatic heterocycles. The summed E-state index contributed by atoms with van der Waals surface area (Å²) >= 11 is 0. The van der Waals surface area contributed by atoms with Gasteiger partial charge in [-0.25, -0.2) is 18.0 Å². The Morgan fingerprint density at radius 2 is 1.07 bits per heavy atom. The fourth-order valence-electron chi connectivity index (χ4n) is 4.09. The van der Waals surface area contributed by atoms with Crippen LogP contribution in [0, 0.1) is 0 Å². The van der Waals surface area contributed by atoms with Crippen molar-refractivity contribution in [3.8, 4) is 0 Å². The molecule has 0 fully saturated rings. The van der Waals surface area contributed by atoms with E-state index < -0.39 is 27.0 Å². The summed E-state index contributed by atoms with van der Waals surface area (Å²) in [6, 6.07) is 3.04. The molecule has 0 heterocycles. The summed E-state index contributed by atoms with van der Waals surface area (Å²) < 4.78 is 45.1. The zero-order valence-electron chi connectivity index (χ0n) is 25.5. The van der Waals surface area contributed by atoms with Crippen molar-refractivity contribution in [2.45, 2.75) is 121 Å². The van der Waals surface area contributed by atoms with E-state index in [0.29, 0.717) is 12.8 Å². The Kier molecular flexibility index (Phi) is 24.2. The number of allylic oxidation sites excluding steroid dienone is 4. The van der Waals surface area contributed by atoms with Crippen molar-refractivity contribution >= 4 is 22.1 Å². The van der Waals surface area contributed by atoms with Crippen LogP contribution in [0.25, 0.3) is 0 Å². The summed E-state index contributed by atoms with van der Waals surface area (Å²) in [6.07, 6.45) is 25.4. The average molecular weight is 601 g/mol. The normalized spacial score (nSPS) is 11.6. The van der Waals surface area contributed by atoms with E-state index >= 15 is 0 Å². The van der Waals surface area contributed by atoms with Crippen LogP contribution < -0.4 is 29.6 Å². The fraction of sp³-hybridized carbons (Fsp3) is 0.625. The Hall–Kier alpha value is -1.45. The van der Waals surface area contributed by atoms with Crippen molar-refractivity contribution in [1.29, 1.82) is 0 Å². The number of hydrogen-bond donors (Lipinski definition) is 0. The Bertz CT molecular complexity index is 1020. The van der Waals surface area contributed by atoms with Crippen molar-refractivity contribution in [3.05, 3.63) is 53.6 Å². The number of carbonyl (C=O) groups is 2. The molecule has 41 heavy (non-hydrogen) atoms. The maximum Gasteiger partial charge on any atom is 1.00 e. The third-order valence-electron chi connectivity index (χ3n) is 6.50. The zero-order valence-corrected chi connectivity index (χ0v) is 28.4. The van der Waals surface area contributed by atoms with Crippen molar-refractivity contribution in [2.24, 2.45) is 0 Å². The van der Waals surface area contributed by atoms with E-state index in [-0.39, 0.29) is 53.9 Å². The average Bonchev–Trinajstić information content (AvgIpc) is 2.93. The van der Waals surface area contributed by atoms with Crippen LogP contribution in [-0.4, -0.2) is 38.1 Å². The summed E-state index contributed by atoms with van der Waals surface area (Å²) in [5.41, 5.74) is -0.393. The molecule has 0 N–H and O–H groups in total. The molecule has 0 aliphatic carbocycles. The van der Waals surface area contributed by atoms with Crippen LogP contribution in [0.4, 0.5) is 0 Å². The van der Waals surface area contributed by atoms with Crippen molar-refractivity contribution < 1.29 is 61.6 Å². The van der Waals surface area contributed by atoms with Crippen molar-refractivity contribution in [2.75, 3.05) is 13.2 Å². The van der Waals surface area contributed by atoms with Crippen LogP contribution in [0.2, 0.25) is 0 Å². The Morgan fingerprint density at radius 1 is 0.659 bits per heavy atom. The van der Waals surface area contributed by atoms with E-state index in [1.165, 1.54) is 51.4 Å². The van der Waals surface area contributed by atoms with Gasteiger partial charge in [-0.3, -0.25) is 0 Å². The predicted molar refractivity (Wildman–Crippen MR) is 158 cm³/mol. The zero-order chi connectivity index (χ0) is 29.5. The van der Waals surface area contributed by atoms with Gasteiger partial charge in [0.1, 0.15) is 10.1 Å². The summed E-state index contributed by atoms with van der Waals surface area (Å²) in [7, 11) is -4.81. The first-order valence-electron chi connectivity index (χ1n) is 15.0. The van der Waals surface area contributed by atoms with Gasteiger partial charge in [0.2, 0.25) is 0 Å². The summed E-state index contributed by atoms with van der Waals surface area (Å²) in [5, 5.41) is 0. The number of carbonyl (C=O) groups excluding carboxylic acids is 2. The smallest absolute Gasteiger partial charge is 0.744 e. The molecule has 0 atom stereocenters. The van der Waals surface area contributed by atoms with E-state index in [1.807, 2.05) is 0 Å². The molecule has 0 spiro atoms. The predicted octanol–water partition coefficient (Wildman–Crippen LogP) is 5.30. The van der Waals surface area contributed by atoms with Gasteiger partial charge in [0.05, 0.1) is 29.2 Å². The summed E-state index contributed by atoms with van der Waals surface area (Å²) in [6.45, 7) is 4.68. The molecule has 0 aliphatic rings. The van der Waals surface area contributed by atoms with Crippen LogP contribution in [0.1, 0.15) is 137 Å². The van der Waals surface area contributed by atoms with Gasteiger partial charge in [0.15, 0.2) is 0 Å². The van der Waals surface area contributed by atoms with Gasteiger partial charge in [-0.1, -0.05) is 76.7 Å². The molecular weight excluding hydrogens is 551 g/mol. The van der Waals surface area contributed by atoms with E-state index in [4.69, 9.17) is 9.47 Å². The second-order valence-electron chi connectivity index (χ2n) is 10.1. The summed E-state index contributed by atoms with van der Waals surface area (Å²) in [5.74, 6) is -1.61. The third kappa shape index (κ3) is 19.4. The number of hydrogen-bond acceptors (Lipinski definition) is 7. The van der Waals surface area contributed by atoms with Gasteiger partial charge >= 0.3 is 41.5 Å². The molecule has 7 nitrogen and oxygen atoms in total. The largest absolute Gasteiger partial charge is 1.00 e. The van der Waals surface area contributed by atoms with Crippen LogP contribution >= 0.6 is 0 Å². The molecule has 1 aromatic rings. The Labute approximate surface area is 270 Å². The molecule has 226 valence electrons. The van der Waals surface area contributed by atoms with Gasteiger partial charge < -0.3 is 14.0 Å².